The van der Waals surface area contributed by atoms with Crippen molar-refractivity contribution in [1.29, 1.82) is 0 Å². The Labute approximate surface area is 128 Å². The maximum absolute atomic E-state index is 10.9. The molecule has 0 saturated carbocycles. The van der Waals surface area contributed by atoms with Gasteiger partial charge in [-0.15, -0.1) is 0 Å². The maximum Gasteiger partial charge on any atom is 0.168 e. The smallest absolute Gasteiger partial charge is 0.168 e. The van der Waals surface area contributed by atoms with Crippen LogP contribution in [0.4, 0.5) is 0 Å². The predicted molar refractivity (Wildman–Crippen MR) is 82.5 cm³/mol. The number of pyridine rings is 1. The predicted octanol–water partition coefficient (Wildman–Crippen LogP) is 2.68. The number of hydrogen-bond donors (Lipinski definition) is 0. The van der Waals surface area contributed by atoms with Gasteiger partial charge in [0.2, 0.25) is 0 Å². The number of carbonyl (C=O) groups is 1. The van der Waals surface area contributed by atoms with Crippen LogP contribution in [0.5, 0.6) is 5.75 Å². The Morgan fingerprint density at radius 2 is 2.09 bits per heavy atom. The number of ether oxygens (including phenoxy) is 1. The van der Waals surface area contributed by atoms with Gasteiger partial charge in [0.05, 0.1) is 19.0 Å². The first-order chi connectivity index (χ1) is 10.8. The lowest BCUT2D eigenvalue weighted by atomic mass is 10.0. The number of aldehydes is 1. The van der Waals surface area contributed by atoms with Gasteiger partial charge in [0.15, 0.2) is 6.29 Å². The fourth-order valence-electron chi connectivity index (χ4n) is 2.30. The molecule has 0 spiro atoms. The minimum Gasteiger partial charge on any atom is -0.495 e. The SMILES string of the molecule is COc1cnc(C=O)cc1Cc1ccc(-n2cccn2)cc1. The molecule has 0 aliphatic rings. The molecule has 0 saturated heterocycles. The van der Waals surface area contributed by atoms with Crippen molar-refractivity contribution in [3.63, 3.8) is 0 Å². The third kappa shape index (κ3) is 2.88. The van der Waals surface area contributed by atoms with Gasteiger partial charge in [0.1, 0.15) is 11.4 Å². The lowest BCUT2D eigenvalue weighted by Gasteiger charge is -2.09. The van der Waals surface area contributed by atoms with Crippen molar-refractivity contribution in [3.05, 3.63) is 71.8 Å². The molecule has 0 aliphatic carbocycles. The van der Waals surface area contributed by atoms with Gasteiger partial charge in [-0.1, -0.05) is 12.1 Å². The molecule has 1 aromatic carbocycles. The van der Waals surface area contributed by atoms with Gasteiger partial charge in [0.25, 0.3) is 0 Å². The molecule has 2 aromatic heterocycles. The van der Waals surface area contributed by atoms with Gasteiger partial charge in [-0.25, -0.2) is 9.67 Å². The summed E-state index contributed by atoms with van der Waals surface area (Å²) in [4.78, 5) is 14.9. The van der Waals surface area contributed by atoms with Crippen LogP contribution < -0.4 is 4.74 Å². The summed E-state index contributed by atoms with van der Waals surface area (Å²) in [5, 5.41) is 4.20. The summed E-state index contributed by atoms with van der Waals surface area (Å²) in [6, 6.07) is 11.7. The van der Waals surface area contributed by atoms with E-state index in [-0.39, 0.29) is 0 Å². The Kier molecular flexibility index (Phi) is 3.96. The summed E-state index contributed by atoms with van der Waals surface area (Å²) in [6.45, 7) is 0. The van der Waals surface area contributed by atoms with Gasteiger partial charge in [-0.3, -0.25) is 4.79 Å². The highest BCUT2D eigenvalue weighted by Gasteiger charge is 2.07. The molecule has 0 N–H and O–H groups in total. The van der Waals surface area contributed by atoms with Gasteiger partial charge >= 0.3 is 0 Å². The summed E-state index contributed by atoms with van der Waals surface area (Å²) in [7, 11) is 1.60. The zero-order valence-corrected chi connectivity index (χ0v) is 12.1. The second-order valence-electron chi connectivity index (χ2n) is 4.83. The number of hydrogen-bond acceptors (Lipinski definition) is 4. The van der Waals surface area contributed by atoms with Crippen LogP contribution >= 0.6 is 0 Å². The minimum absolute atomic E-state index is 0.406. The minimum atomic E-state index is 0.406. The fourth-order valence-corrected chi connectivity index (χ4v) is 2.30. The molecule has 3 aromatic rings. The first-order valence-electron chi connectivity index (χ1n) is 6.87. The summed E-state index contributed by atoms with van der Waals surface area (Å²) in [5.74, 6) is 0.682. The van der Waals surface area contributed by atoms with Crippen molar-refractivity contribution in [2.75, 3.05) is 7.11 Å². The lowest BCUT2D eigenvalue weighted by Crippen LogP contribution is -1.99. The zero-order chi connectivity index (χ0) is 15.4. The first-order valence-corrected chi connectivity index (χ1v) is 6.87. The summed E-state index contributed by atoms with van der Waals surface area (Å²) in [6.07, 6.45) is 6.64. The monoisotopic (exact) mass is 293 g/mol. The molecule has 110 valence electrons. The fraction of sp³-hybridized carbons (Fsp3) is 0.118. The van der Waals surface area contributed by atoms with E-state index in [4.69, 9.17) is 4.74 Å². The van der Waals surface area contributed by atoms with Crippen LogP contribution in [0.1, 0.15) is 21.6 Å². The summed E-state index contributed by atoms with van der Waals surface area (Å²) >= 11 is 0. The molecule has 0 bridgehead atoms. The van der Waals surface area contributed by atoms with Gasteiger partial charge in [-0.2, -0.15) is 5.10 Å². The van der Waals surface area contributed by atoms with E-state index in [2.05, 4.69) is 10.1 Å². The molecule has 0 aliphatic heterocycles. The van der Waals surface area contributed by atoms with E-state index in [1.807, 2.05) is 36.5 Å². The Morgan fingerprint density at radius 3 is 2.73 bits per heavy atom. The summed E-state index contributed by atoms with van der Waals surface area (Å²) in [5.41, 5.74) is 3.47. The van der Waals surface area contributed by atoms with Crippen molar-refractivity contribution >= 4 is 6.29 Å². The van der Waals surface area contributed by atoms with Crippen LogP contribution in [0.15, 0.2) is 55.0 Å². The molecule has 5 heteroatoms. The van der Waals surface area contributed by atoms with Crippen molar-refractivity contribution in [3.8, 4) is 11.4 Å². The molecule has 0 unspecified atom stereocenters. The molecule has 2 heterocycles. The number of methoxy groups -OCH3 is 1. The van der Waals surface area contributed by atoms with Gasteiger partial charge in [0, 0.05) is 24.4 Å². The standard InChI is InChI=1S/C17H15N3O2/c1-22-17-11-18-15(12-21)10-14(17)9-13-3-5-16(6-4-13)20-8-2-7-19-20/h2-8,10-12H,9H2,1H3. The van der Waals surface area contributed by atoms with Crippen LogP contribution in [0.3, 0.4) is 0 Å². The number of rotatable bonds is 5. The average Bonchev–Trinajstić information content (AvgIpc) is 3.10. The van der Waals surface area contributed by atoms with Crippen LogP contribution in [0, 0.1) is 0 Å². The Bertz CT molecular complexity index is 765. The molecular formula is C17H15N3O2. The topological polar surface area (TPSA) is 57.0 Å². The number of nitrogens with zero attached hydrogens (tertiary/aromatic N) is 3. The van der Waals surface area contributed by atoms with Crippen molar-refractivity contribution in [1.82, 2.24) is 14.8 Å². The molecule has 22 heavy (non-hydrogen) atoms. The van der Waals surface area contributed by atoms with Crippen LogP contribution in [-0.4, -0.2) is 28.2 Å². The molecule has 0 amide bonds. The van der Waals surface area contributed by atoms with E-state index in [1.54, 1.807) is 30.3 Å². The molecule has 0 radical (unpaired) electrons. The zero-order valence-electron chi connectivity index (χ0n) is 12.1. The largest absolute Gasteiger partial charge is 0.495 e. The van der Waals surface area contributed by atoms with E-state index in [9.17, 15) is 4.79 Å². The second-order valence-corrected chi connectivity index (χ2v) is 4.83. The lowest BCUT2D eigenvalue weighted by molar-refractivity contribution is 0.111. The van der Waals surface area contributed by atoms with E-state index in [1.165, 1.54) is 0 Å². The van der Waals surface area contributed by atoms with Gasteiger partial charge < -0.3 is 4.74 Å². The Morgan fingerprint density at radius 1 is 1.27 bits per heavy atom. The normalized spacial score (nSPS) is 10.4. The highest BCUT2D eigenvalue weighted by atomic mass is 16.5. The van der Waals surface area contributed by atoms with E-state index < -0.39 is 0 Å². The highest BCUT2D eigenvalue weighted by molar-refractivity contribution is 5.72. The van der Waals surface area contributed by atoms with Crippen molar-refractivity contribution < 1.29 is 9.53 Å². The third-order valence-corrected chi connectivity index (χ3v) is 3.41. The van der Waals surface area contributed by atoms with E-state index >= 15 is 0 Å². The maximum atomic E-state index is 10.9. The van der Waals surface area contributed by atoms with Crippen molar-refractivity contribution in [2.24, 2.45) is 0 Å². The van der Waals surface area contributed by atoms with Crippen LogP contribution in [0.25, 0.3) is 5.69 Å². The number of benzene rings is 1. The quantitative estimate of drug-likeness (QED) is 0.679. The number of aromatic nitrogens is 3. The molecule has 0 fully saturated rings. The van der Waals surface area contributed by atoms with Crippen LogP contribution in [-0.2, 0) is 6.42 Å². The molecule has 5 nitrogen and oxygen atoms in total. The third-order valence-electron chi connectivity index (χ3n) is 3.41. The first kappa shape index (κ1) is 14.0. The molecular weight excluding hydrogens is 278 g/mol. The van der Waals surface area contributed by atoms with E-state index in [0.29, 0.717) is 17.9 Å². The molecule has 3 rings (SSSR count). The Hall–Kier alpha value is -2.95. The average molecular weight is 293 g/mol. The second kappa shape index (κ2) is 6.22. The Balaban J connectivity index is 1.85. The van der Waals surface area contributed by atoms with E-state index in [0.717, 1.165) is 23.1 Å². The van der Waals surface area contributed by atoms with Gasteiger partial charge in [-0.05, 0) is 29.8 Å². The molecule has 0 atom stereocenters. The summed E-state index contributed by atoms with van der Waals surface area (Å²) < 4.78 is 7.11. The van der Waals surface area contributed by atoms with Crippen LogP contribution in [0.2, 0.25) is 0 Å². The van der Waals surface area contributed by atoms with Crippen molar-refractivity contribution in [2.45, 2.75) is 6.42 Å². The highest BCUT2D eigenvalue weighted by Crippen LogP contribution is 2.21. The number of carbonyl (C=O) groups excluding carboxylic acids is 1.